The molecule has 6 heteroatoms. The van der Waals surface area contributed by atoms with Crippen molar-refractivity contribution < 1.29 is 18.3 Å². The third-order valence-corrected chi connectivity index (χ3v) is 8.76. The summed E-state index contributed by atoms with van der Waals surface area (Å²) in [5, 5.41) is 10.3. The van der Waals surface area contributed by atoms with Crippen LogP contribution in [0, 0.1) is 22.7 Å². The zero-order chi connectivity index (χ0) is 17.6. The maximum Gasteiger partial charge on any atom is 0.212 e. The normalized spacial score (nSPS) is 34.6. The second kappa shape index (κ2) is 6.36. The van der Waals surface area contributed by atoms with E-state index in [2.05, 4.69) is 4.72 Å². The van der Waals surface area contributed by atoms with Crippen LogP contribution in [-0.2, 0) is 14.8 Å². The van der Waals surface area contributed by atoms with Crippen LogP contribution in [0.5, 0.6) is 0 Å². The lowest BCUT2D eigenvalue weighted by Crippen LogP contribution is -2.47. The van der Waals surface area contributed by atoms with Crippen LogP contribution in [0.25, 0.3) is 0 Å². The van der Waals surface area contributed by atoms with Crippen molar-refractivity contribution >= 4 is 15.8 Å². The van der Waals surface area contributed by atoms with Crippen LogP contribution in [0.4, 0.5) is 0 Å². The third-order valence-electron chi connectivity index (χ3n) is 7.28. The molecule has 0 heterocycles. The molecule has 138 valence electrons. The van der Waals surface area contributed by atoms with Gasteiger partial charge in [-0.2, -0.15) is 0 Å². The van der Waals surface area contributed by atoms with Gasteiger partial charge in [0.2, 0.25) is 10.0 Å². The third kappa shape index (κ3) is 3.06. The first kappa shape index (κ1) is 18.3. The lowest BCUT2D eigenvalue weighted by atomic mass is 9.70. The minimum absolute atomic E-state index is 0.0706. The smallest absolute Gasteiger partial charge is 0.212 e. The van der Waals surface area contributed by atoms with E-state index in [0.717, 1.165) is 32.1 Å². The predicted octanol–water partition coefficient (Wildman–Crippen LogP) is 2.24. The number of hydrogen-bond acceptors (Lipinski definition) is 4. The molecule has 2 N–H and O–H groups in total. The van der Waals surface area contributed by atoms with Crippen LogP contribution >= 0.6 is 0 Å². The Bertz CT molecular complexity index is 594. The van der Waals surface area contributed by atoms with Crippen molar-refractivity contribution in [3.8, 4) is 0 Å². The summed E-state index contributed by atoms with van der Waals surface area (Å²) in [4.78, 5) is 12.5. The standard InChI is InChI=1S/C18H31NO4S/c1-17(2)14-8-9-18(17,16(21)10-14)12-24(22,23)19-11-15(20)13-6-4-3-5-7-13/h13-15,19-20H,3-12H2,1-2H3/t14-,15-,18+/m0/s1. The lowest BCUT2D eigenvalue weighted by Gasteiger charge is -2.36. The van der Waals surface area contributed by atoms with E-state index in [1.165, 1.54) is 6.42 Å². The molecular formula is C18H31NO4S. The molecule has 0 aromatic carbocycles. The molecule has 0 aromatic rings. The van der Waals surface area contributed by atoms with Gasteiger partial charge < -0.3 is 5.11 Å². The zero-order valence-corrected chi connectivity index (χ0v) is 15.7. The molecule has 3 rings (SSSR count). The van der Waals surface area contributed by atoms with E-state index in [4.69, 9.17) is 0 Å². The number of sulfonamides is 1. The van der Waals surface area contributed by atoms with E-state index >= 15 is 0 Å². The molecule has 3 aliphatic rings. The van der Waals surface area contributed by atoms with Gasteiger partial charge >= 0.3 is 0 Å². The second-order valence-corrected chi connectivity index (χ2v) is 10.5. The van der Waals surface area contributed by atoms with Crippen LogP contribution < -0.4 is 4.72 Å². The first-order chi connectivity index (χ1) is 11.2. The molecule has 24 heavy (non-hydrogen) atoms. The van der Waals surface area contributed by atoms with Gasteiger partial charge in [-0.3, -0.25) is 4.79 Å². The van der Waals surface area contributed by atoms with E-state index in [9.17, 15) is 18.3 Å². The lowest BCUT2D eigenvalue weighted by molar-refractivity contribution is -0.128. The Hall–Kier alpha value is -0.460. The molecule has 3 saturated carbocycles. The molecule has 0 spiro atoms. The Morgan fingerprint density at radius 2 is 1.88 bits per heavy atom. The van der Waals surface area contributed by atoms with E-state index < -0.39 is 21.5 Å². The molecule has 2 bridgehead atoms. The van der Waals surface area contributed by atoms with Gasteiger partial charge in [-0.05, 0) is 42.9 Å². The molecule has 3 aliphatic carbocycles. The number of Topliss-reactive ketones (excluding diaryl/α,β-unsaturated/α-hetero) is 1. The van der Waals surface area contributed by atoms with Gasteiger partial charge in [-0.25, -0.2) is 13.1 Å². The Balaban J connectivity index is 1.63. The first-order valence-electron chi connectivity index (χ1n) is 9.37. The number of carbonyl (C=O) groups excluding carboxylic acids is 1. The minimum Gasteiger partial charge on any atom is -0.391 e. The summed E-state index contributed by atoms with van der Waals surface area (Å²) in [5.41, 5.74) is -0.986. The number of hydrogen-bond donors (Lipinski definition) is 2. The number of ketones is 1. The van der Waals surface area contributed by atoms with Crippen molar-refractivity contribution in [2.45, 2.75) is 71.3 Å². The minimum atomic E-state index is -3.58. The molecule has 3 atom stereocenters. The molecule has 0 saturated heterocycles. The molecule has 0 aromatic heterocycles. The van der Waals surface area contributed by atoms with Crippen molar-refractivity contribution in [2.24, 2.45) is 22.7 Å². The van der Waals surface area contributed by atoms with Crippen molar-refractivity contribution in [3.63, 3.8) is 0 Å². The average Bonchev–Trinajstić information content (AvgIpc) is 2.87. The first-order valence-corrected chi connectivity index (χ1v) is 11.0. The van der Waals surface area contributed by atoms with Crippen LogP contribution in [0.2, 0.25) is 0 Å². The largest absolute Gasteiger partial charge is 0.391 e. The van der Waals surface area contributed by atoms with Crippen molar-refractivity contribution in [1.29, 1.82) is 0 Å². The number of carbonyl (C=O) groups is 1. The Morgan fingerprint density at radius 3 is 2.42 bits per heavy atom. The van der Waals surface area contributed by atoms with E-state index in [-0.39, 0.29) is 29.4 Å². The van der Waals surface area contributed by atoms with Crippen molar-refractivity contribution in [1.82, 2.24) is 4.72 Å². The highest BCUT2D eigenvalue weighted by atomic mass is 32.2. The Kier molecular flexibility index (Phi) is 4.86. The molecule has 0 amide bonds. The summed E-state index contributed by atoms with van der Waals surface area (Å²) in [6.07, 6.45) is 6.89. The predicted molar refractivity (Wildman–Crippen MR) is 92.9 cm³/mol. The number of nitrogens with one attached hydrogen (secondary N) is 1. The molecule has 5 nitrogen and oxygen atoms in total. The van der Waals surface area contributed by atoms with Crippen molar-refractivity contribution in [3.05, 3.63) is 0 Å². The fraction of sp³-hybridized carbons (Fsp3) is 0.944. The van der Waals surface area contributed by atoms with Gasteiger partial charge in [0.25, 0.3) is 0 Å². The monoisotopic (exact) mass is 357 g/mol. The highest BCUT2D eigenvalue weighted by Crippen LogP contribution is 2.64. The van der Waals surface area contributed by atoms with Gasteiger partial charge in [0, 0.05) is 18.4 Å². The van der Waals surface area contributed by atoms with Crippen LogP contribution in [0.15, 0.2) is 0 Å². The number of fused-ring (bicyclic) bond motifs is 2. The fourth-order valence-electron chi connectivity index (χ4n) is 5.38. The number of rotatable bonds is 6. The quantitative estimate of drug-likeness (QED) is 0.764. The van der Waals surface area contributed by atoms with Gasteiger partial charge in [0.15, 0.2) is 0 Å². The molecule has 0 unspecified atom stereocenters. The molecule has 0 radical (unpaired) electrons. The van der Waals surface area contributed by atoms with Crippen LogP contribution in [-0.4, -0.2) is 37.7 Å². The van der Waals surface area contributed by atoms with E-state index in [1.807, 2.05) is 13.8 Å². The second-order valence-electron chi connectivity index (χ2n) is 8.74. The van der Waals surface area contributed by atoms with Crippen LogP contribution in [0.1, 0.15) is 65.2 Å². The Labute approximate surface area is 145 Å². The fourth-order valence-corrected chi connectivity index (χ4v) is 7.23. The van der Waals surface area contributed by atoms with Gasteiger partial charge in [-0.15, -0.1) is 0 Å². The highest BCUT2D eigenvalue weighted by Gasteiger charge is 2.65. The van der Waals surface area contributed by atoms with Crippen molar-refractivity contribution in [2.75, 3.05) is 12.3 Å². The summed E-state index contributed by atoms with van der Waals surface area (Å²) in [7, 11) is -3.58. The molecular weight excluding hydrogens is 326 g/mol. The Morgan fingerprint density at radius 1 is 1.21 bits per heavy atom. The van der Waals surface area contributed by atoms with Gasteiger partial charge in [0.05, 0.1) is 11.9 Å². The summed E-state index contributed by atoms with van der Waals surface area (Å²) < 4.78 is 27.8. The SMILES string of the molecule is CC1(C)[C@H]2CC[C@@]1(CS(=O)(=O)NC[C@H](O)C1CCCCC1)C(=O)C2. The summed E-state index contributed by atoms with van der Waals surface area (Å²) in [6.45, 7) is 4.16. The highest BCUT2D eigenvalue weighted by molar-refractivity contribution is 7.89. The summed E-state index contributed by atoms with van der Waals surface area (Å²) in [6, 6.07) is 0. The van der Waals surface area contributed by atoms with Crippen LogP contribution in [0.3, 0.4) is 0 Å². The van der Waals surface area contributed by atoms with Gasteiger partial charge in [-0.1, -0.05) is 33.1 Å². The maximum absolute atomic E-state index is 12.6. The topological polar surface area (TPSA) is 83.5 Å². The molecule has 0 aliphatic heterocycles. The zero-order valence-electron chi connectivity index (χ0n) is 14.9. The molecule has 3 fully saturated rings. The summed E-state index contributed by atoms with van der Waals surface area (Å²) in [5.74, 6) is 0.495. The number of aliphatic hydroxyl groups excluding tert-OH is 1. The number of aliphatic hydroxyl groups is 1. The maximum atomic E-state index is 12.6. The average molecular weight is 358 g/mol. The van der Waals surface area contributed by atoms with E-state index in [1.54, 1.807) is 0 Å². The van der Waals surface area contributed by atoms with E-state index in [0.29, 0.717) is 18.8 Å². The summed E-state index contributed by atoms with van der Waals surface area (Å²) >= 11 is 0. The van der Waals surface area contributed by atoms with Gasteiger partial charge in [0.1, 0.15) is 5.78 Å².